The van der Waals surface area contributed by atoms with Crippen LogP contribution in [0.15, 0.2) is 65.1 Å². The highest BCUT2D eigenvalue weighted by molar-refractivity contribution is 6.04. The van der Waals surface area contributed by atoms with Crippen LogP contribution in [0.25, 0.3) is 33.4 Å². The zero-order valence-electron chi connectivity index (χ0n) is 27.3. The number of nitrogens with zero attached hydrogens (tertiary/aromatic N) is 4. The van der Waals surface area contributed by atoms with Crippen LogP contribution < -0.4 is 34.0 Å². The van der Waals surface area contributed by atoms with Gasteiger partial charge in [-0.25, -0.2) is 9.37 Å². The highest BCUT2D eigenvalue weighted by Crippen LogP contribution is 2.47. The summed E-state index contributed by atoms with van der Waals surface area (Å²) in [7, 11) is 11.3. The molecule has 0 amide bonds. The molecule has 46 heavy (non-hydrogen) atoms. The van der Waals surface area contributed by atoms with Crippen LogP contribution in [0.1, 0.15) is 19.8 Å². The van der Waals surface area contributed by atoms with E-state index >= 15 is 0 Å². The number of fused-ring (bicyclic) bond motifs is 2. The number of hydrogen-bond donors (Lipinski definition) is 2. The molecule has 11 nitrogen and oxygen atoms in total. The number of benzene rings is 3. The topological polar surface area (TPSA) is 113 Å². The largest absolute Gasteiger partial charge is 0.496 e. The van der Waals surface area contributed by atoms with Crippen LogP contribution in [0.4, 0.5) is 11.4 Å². The van der Waals surface area contributed by atoms with Crippen molar-refractivity contribution < 1.29 is 33.7 Å². The molecule has 1 aliphatic heterocycles. The Morgan fingerprint density at radius 3 is 2.26 bits per heavy atom. The molecule has 0 bridgehead atoms. The number of aromatic hydroxyl groups is 2. The summed E-state index contributed by atoms with van der Waals surface area (Å²) in [5.74, 6) is 0.761. The fourth-order valence-electron chi connectivity index (χ4n) is 5.54. The Morgan fingerprint density at radius 2 is 1.63 bits per heavy atom. The number of carbonyl (C=O) groups excluding carboxylic acids is 1. The van der Waals surface area contributed by atoms with Crippen LogP contribution in [0.5, 0.6) is 23.3 Å². The molecule has 0 atom stereocenters. The quantitative estimate of drug-likeness (QED) is 0.157. The number of hydrogen-bond acceptors (Lipinski definition) is 9. The van der Waals surface area contributed by atoms with Crippen molar-refractivity contribution >= 4 is 28.3 Å². The monoisotopic (exact) mass is 629 g/mol. The summed E-state index contributed by atoms with van der Waals surface area (Å²) < 4.78 is 21.2. The van der Waals surface area contributed by atoms with E-state index in [-0.39, 0.29) is 18.2 Å². The highest BCUT2D eigenvalue weighted by Gasteiger charge is 2.24. The molecule has 11 heteroatoms. The van der Waals surface area contributed by atoms with E-state index in [0.29, 0.717) is 35.7 Å². The predicted octanol–water partition coefficient (Wildman–Crippen LogP) is 4.79. The molecular formula is C35H41N4O7+. The third-order valence-corrected chi connectivity index (χ3v) is 8.01. The van der Waals surface area contributed by atoms with Crippen molar-refractivity contribution in [3.8, 4) is 45.7 Å². The Morgan fingerprint density at radius 1 is 0.913 bits per heavy atom. The summed E-state index contributed by atoms with van der Waals surface area (Å²) in [6.07, 6.45) is 0.529. The first-order valence-corrected chi connectivity index (χ1v) is 15.1. The van der Waals surface area contributed by atoms with Crippen LogP contribution in [-0.2, 0) is 4.79 Å². The van der Waals surface area contributed by atoms with Gasteiger partial charge in [-0.1, -0.05) is 0 Å². The van der Waals surface area contributed by atoms with E-state index in [1.54, 1.807) is 14.2 Å². The minimum Gasteiger partial charge on any atom is -0.496 e. The van der Waals surface area contributed by atoms with Gasteiger partial charge in [-0.05, 0) is 37.6 Å². The van der Waals surface area contributed by atoms with Gasteiger partial charge in [0.05, 0.1) is 26.0 Å². The van der Waals surface area contributed by atoms with Crippen molar-refractivity contribution in [2.24, 2.45) is 0 Å². The van der Waals surface area contributed by atoms with Gasteiger partial charge in [-0.3, -0.25) is 0 Å². The number of rotatable bonds is 11. The lowest BCUT2D eigenvalue weighted by Gasteiger charge is -2.27. The molecule has 0 fully saturated rings. The van der Waals surface area contributed by atoms with Crippen molar-refractivity contribution in [2.75, 3.05) is 65.3 Å². The van der Waals surface area contributed by atoms with Crippen molar-refractivity contribution in [2.45, 2.75) is 19.8 Å². The van der Waals surface area contributed by atoms with Crippen LogP contribution in [-0.4, -0.2) is 76.4 Å². The fraction of sp³-hybridized carbons (Fsp3) is 0.314. The fourth-order valence-corrected chi connectivity index (χ4v) is 5.54. The maximum Gasteiger partial charge on any atom is 0.333 e. The van der Waals surface area contributed by atoms with E-state index in [9.17, 15) is 15.0 Å². The minimum absolute atomic E-state index is 0.0699. The Kier molecular flexibility index (Phi) is 9.31. The SMILES string of the molecule is CCN(CCCC(=O)On1c(O)ccc1O)c1cc(OC)c(-c2c3ccc(=[N+](C)C)cc-3oc3cc(N(C)C)ccc23)cc1OC. The summed E-state index contributed by atoms with van der Waals surface area (Å²) in [4.78, 5) is 21.7. The summed E-state index contributed by atoms with van der Waals surface area (Å²) in [5.41, 5.74) is 5.35. The van der Waals surface area contributed by atoms with Crippen LogP contribution in [0.3, 0.4) is 0 Å². The summed E-state index contributed by atoms with van der Waals surface area (Å²) in [6.45, 7) is 3.19. The van der Waals surface area contributed by atoms with Gasteiger partial charge in [-0.15, -0.1) is 4.73 Å². The average Bonchev–Trinajstić information content (AvgIpc) is 3.36. The molecule has 0 saturated heterocycles. The Labute approximate surface area is 268 Å². The van der Waals surface area contributed by atoms with Crippen molar-refractivity contribution in [1.29, 1.82) is 0 Å². The third-order valence-electron chi connectivity index (χ3n) is 8.01. The number of anilines is 2. The summed E-state index contributed by atoms with van der Waals surface area (Å²) in [6, 6.07) is 18.8. The average molecular weight is 630 g/mol. The Hall–Kier alpha value is -5.32. The first-order valence-electron chi connectivity index (χ1n) is 15.1. The Balaban J connectivity index is 1.55. The van der Waals surface area contributed by atoms with Gasteiger partial charge >= 0.3 is 5.97 Å². The van der Waals surface area contributed by atoms with Crippen LogP contribution in [0.2, 0.25) is 0 Å². The van der Waals surface area contributed by atoms with Gasteiger partial charge in [0.1, 0.15) is 36.9 Å². The van der Waals surface area contributed by atoms with Crippen molar-refractivity contribution in [1.82, 2.24) is 9.31 Å². The minimum atomic E-state index is -0.583. The van der Waals surface area contributed by atoms with Crippen LogP contribution in [0, 0.1) is 0 Å². The van der Waals surface area contributed by atoms with E-state index < -0.39 is 5.97 Å². The number of carbonyl (C=O) groups is 1. The lowest BCUT2D eigenvalue weighted by Crippen LogP contribution is -2.26. The zero-order valence-corrected chi connectivity index (χ0v) is 27.3. The number of ether oxygens (including phenoxy) is 2. The molecule has 3 aromatic rings. The van der Waals surface area contributed by atoms with E-state index in [1.165, 1.54) is 12.1 Å². The second kappa shape index (κ2) is 13.4. The van der Waals surface area contributed by atoms with Gasteiger partial charge in [0.25, 0.3) is 0 Å². The number of methoxy groups -OCH3 is 2. The molecule has 2 N–H and O–H groups in total. The van der Waals surface area contributed by atoms with Crippen molar-refractivity contribution in [3.63, 3.8) is 0 Å². The lowest BCUT2D eigenvalue weighted by atomic mass is 9.92. The molecule has 2 aliphatic rings. The summed E-state index contributed by atoms with van der Waals surface area (Å²) >= 11 is 0. The molecule has 242 valence electrons. The first-order chi connectivity index (χ1) is 22.1. The van der Waals surface area contributed by atoms with Gasteiger partial charge < -0.3 is 38.7 Å². The first kappa shape index (κ1) is 32.1. The second-order valence-corrected chi connectivity index (χ2v) is 11.3. The van der Waals surface area contributed by atoms with E-state index in [1.807, 2.05) is 68.9 Å². The van der Waals surface area contributed by atoms with Gasteiger partial charge in [0.2, 0.25) is 17.1 Å². The molecule has 0 radical (unpaired) electrons. The second-order valence-electron chi connectivity index (χ2n) is 11.3. The van der Waals surface area contributed by atoms with E-state index in [0.717, 1.165) is 50.2 Å². The molecular weight excluding hydrogens is 588 g/mol. The molecule has 2 aromatic carbocycles. The van der Waals surface area contributed by atoms with Gasteiger partial charge in [0, 0.05) is 91.7 Å². The highest BCUT2D eigenvalue weighted by atomic mass is 16.7. The van der Waals surface area contributed by atoms with Gasteiger partial charge in [-0.2, -0.15) is 0 Å². The maximum atomic E-state index is 12.4. The smallest absolute Gasteiger partial charge is 0.333 e. The summed E-state index contributed by atoms with van der Waals surface area (Å²) in [5, 5.41) is 21.5. The molecule has 5 rings (SSSR count). The molecule has 1 aromatic heterocycles. The third kappa shape index (κ3) is 6.26. The van der Waals surface area contributed by atoms with E-state index in [4.69, 9.17) is 18.7 Å². The van der Waals surface area contributed by atoms with Crippen molar-refractivity contribution in [3.05, 3.63) is 66.0 Å². The number of aromatic nitrogens is 1. The maximum absolute atomic E-state index is 12.4. The Bertz CT molecular complexity index is 1900. The predicted molar refractivity (Wildman–Crippen MR) is 179 cm³/mol. The van der Waals surface area contributed by atoms with Gasteiger partial charge in [0.15, 0.2) is 0 Å². The molecule has 2 heterocycles. The van der Waals surface area contributed by atoms with E-state index in [2.05, 4.69) is 29.2 Å². The molecule has 0 unspecified atom stereocenters. The molecule has 0 spiro atoms. The lowest BCUT2D eigenvalue weighted by molar-refractivity contribution is -0.145. The molecule has 1 aliphatic carbocycles. The standard InChI is InChI=1S/C35H40N4O7/c1-8-38(17-9-10-34(42)46-39-32(40)15-16-33(39)41)27-21-28(43-6)26(20-31(27)44-7)35-24-13-11-22(36(2)3)18-29(24)45-30-19-23(37(4)5)12-14-25(30)35/h11-16,18-21H,8-10,17H2,1-7H3,(H-,40,41)/p+1. The normalized spacial score (nSPS) is 11.1. The van der Waals surface area contributed by atoms with Crippen LogP contribution >= 0.6 is 0 Å². The zero-order chi connectivity index (χ0) is 33.1. The molecule has 0 saturated carbocycles.